The second kappa shape index (κ2) is 9.71. The zero-order valence-corrected chi connectivity index (χ0v) is 18.2. The van der Waals surface area contributed by atoms with E-state index in [1.807, 2.05) is 24.3 Å². The van der Waals surface area contributed by atoms with Crippen molar-refractivity contribution in [1.29, 1.82) is 0 Å². The number of amides is 1. The number of carbonyl (C=O) groups excluding carboxylic acids is 1. The van der Waals surface area contributed by atoms with Gasteiger partial charge in [0.2, 0.25) is 0 Å². The van der Waals surface area contributed by atoms with Crippen molar-refractivity contribution >= 4 is 29.1 Å². The molecule has 1 amide bonds. The number of nitrogens with zero attached hydrogens (tertiary/aromatic N) is 2. The zero-order valence-electron chi connectivity index (χ0n) is 16.7. The minimum absolute atomic E-state index is 0.0388. The number of halogens is 3. The van der Waals surface area contributed by atoms with Crippen LogP contribution in [0.25, 0.3) is 0 Å². The molecule has 2 aromatic carbocycles. The van der Waals surface area contributed by atoms with E-state index in [1.165, 1.54) is 18.2 Å². The average molecular weight is 463 g/mol. The second-order valence-corrected chi connectivity index (χ2v) is 8.36. The van der Waals surface area contributed by atoms with Crippen molar-refractivity contribution in [3.63, 3.8) is 0 Å². The Labute approximate surface area is 189 Å². The number of hydrogen-bond acceptors (Lipinski definition) is 4. The van der Waals surface area contributed by atoms with Gasteiger partial charge in [-0.3, -0.25) is 4.79 Å². The molecule has 0 radical (unpaired) electrons. The number of ether oxygens (including phenoxy) is 1. The topological polar surface area (TPSA) is 55.6 Å². The summed E-state index contributed by atoms with van der Waals surface area (Å²) >= 11 is 11.7. The molecule has 1 atom stereocenters. The van der Waals surface area contributed by atoms with Gasteiger partial charge < -0.3 is 14.1 Å². The van der Waals surface area contributed by atoms with Crippen LogP contribution in [0.5, 0.6) is 5.75 Å². The summed E-state index contributed by atoms with van der Waals surface area (Å²) in [6.07, 6.45) is 4.13. The highest BCUT2D eigenvalue weighted by molar-refractivity contribution is 6.31. The van der Waals surface area contributed by atoms with E-state index in [1.54, 1.807) is 11.1 Å². The van der Waals surface area contributed by atoms with Crippen molar-refractivity contribution in [3.8, 4) is 5.75 Å². The van der Waals surface area contributed by atoms with Gasteiger partial charge in [0.1, 0.15) is 17.3 Å². The highest BCUT2D eigenvalue weighted by Gasteiger charge is 2.28. The lowest BCUT2D eigenvalue weighted by Gasteiger charge is -2.31. The SMILES string of the molecule is O=C(COc1ccc(F)c(Cl)c1)N1CCC[C@@H](c2ncc(Cc3ccc(Cl)cc3)o2)C1. The summed E-state index contributed by atoms with van der Waals surface area (Å²) in [5, 5.41) is 0.654. The maximum atomic E-state index is 13.2. The first-order chi connectivity index (χ1) is 15.0. The van der Waals surface area contributed by atoms with Crippen molar-refractivity contribution in [2.75, 3.05) is 19.7 Å². The molecule has 31 heavy (non-hydrogen) atoms. The van der Waals surface area contributed by atoms with Crippen molar-refractivity contribution < 1.29 is 18.3 Å². The predicted octanol–water partition coefficient (Wildman–Crippen LogP) is 5.50. The minimum Gasteiger partial charge on any atom is -0.484 e. The number of aromatic nitrogens is 1. The Balaban J connectivity index is 1.33. The van der Waals surface area contributed by atoms with Crippen LogP contribution in [0.3, 0.4) is 0 Å². The molecule has 5 nitrogen and oxygen atoms in total. The molecule has 1 saturated heterocycles. The highest BCUT2D eigenvalue weighted by atomic mass is 35.5. The molecule has 162 valence electrons. The number of oxazole rings is 1. The van der Waals surface area contributed by atoms with Crippen LogP contribution in [0.4, 0.5) is 4.39 Å². The van der Waals surface area contributed by atoms with Gasteiger partial charge in [-0.1, -0.05) is 35.3 Å². The summed E-state index contributed by atoms with van der Waals surface area (Å²) in [6, 6.07) is 11.6. The monoisotopic (exact) mass is 462 g/mol. The number of benzene rings is 2. The van der Waals surface area contributed by atoms with E-state index in [0.717, 1.165) is 24.2 Å². The largest absolute Gasteiger partial charge is 0.484 e. The van der Waals surface area contributed by atoms with Crippen LogP contribution in [0.15, 0.2) is 53.1 Å². The summed E-state index contributed by atoms with van der Waals surface area (Å²) in [4.78, 5) is 18.8. The molecule has 1 aromatic heterocycles. The van der Waals surface area contributed by atoms with E-state index in [-0.39, 0.29) is 23.5 Å². The highest BCUT2D eigenvalue weighted by Crippen LogP contribution is 2.28. The quantitative estimate of drug-likeness (QED) is 0.485. The summed E-state index contributed by atoms with van der Waals surface area (Å²) in [7, 11) is 0. The molecule has 0 spiro atoms. The van der Waals surface area contributed by atoms with Gasteiger partial charge in [-0.25, -0.2) is 9.37 Å². The lowest BCUT2D eigenvalue weighted by atomic mass is 9.98. The van der Waals surface area contributed by atoms with E-state index >= 15 is 0 Å². The third-order valence-corrected chi connectivity index (χ3v) is 5.78. The molecule has 0 bridgehead atoms. The average Bonchev–Trinajstić information content (AvgIpc) is 3.24. The molecule has 0 aliphatic carbocycles. The van der Waals surface area contributed by atoms with Crippen LogP contribution >= 0.6 is 23.2 Å². The van der Waals surface area contributed by atoms with Crippen LogP contribution in [0.1, 0.15) is 36.0 Å². The van der Waals surface area contributed by atoms with Crippen LogP contribution in [-0.2, 0) is 11.2 Å². The van der Waals surface area contributed by atoms with Gasteiger partial charge in [0.25, 0.3) is 5.91 Å². The van der Waals surface area contributed by atoms with Gasteiger partial charge in [0.15, 0.2) is 12.5 Å². The lowest BCUT2D eigenvalue weighted by molar-refractivity contribution is -0.134. The Morgan fingerprint density at radius 1 is 1.23 bits per heavy atom. The van der Waals surface area contributed by atoms with E-state index < -0.39 is 5.82 Å². The second-order valence-electron chi connectivity index (χ2n) is 7.51. The van der Waals surface area contributed by atoms with Crippen LogP contribution in [0, 0.1) is 5.82 Å². The van der Waals surface area contributed by atoms with E-state index in [4.69, 9.17) is 32.4 Å². The minimum atomic E-state index is -0.527. The molecule has 1 aliphatic rings. The Morgan fingerprint density at radius 3 is 2.81 bits per heavy atom. The van der Waals surface area contributed by atoms with Crippen molar-refractivity contribution in [1.82, 2.24) is 9.88 Å². The number of piperidine rings is 1. The zero-order chi connectivity index (χ0) is 21.8. The first-order valence-corrected chi connectivity index (χ1v) is 10.8. The fourth-order valence-electron chi connectivity index (χ4n) is 3.60. The predicted molar refractivity (Wildman–Crippen MR) is 116 cm³/mol. The number of likely N-dealkylation sites (tertiary alicyclic amines) is 1. The van der Waals surface area contributed by atoms with Gasteiger partial charge in [-0.15, -0.1) is 0 Å². The van der Waals surface area contributed by atoms with Crippen molar-refractivity contribution in [2.24, 2.45) is 0 Å². The molecule has 1 aliphatic heterocycles. The molecule has 2 heterocycles. The number of carbonyl (C=O) groups is 1. The van der Waals surface area contributed by atoms with Crippen LogP contribution in [-0.4, -0.2) is 35.5 Å². The van der Waals surface area contributed by atoms with Gasteiger partial charge in [-0.2, -0.15) is 0 Å². The third-order valence-electron chi connectivity index (χ3n) is 5.24. The maximum absolute atomic E-state index is 13.2. The van der Waals surface area contributed by atoms with Gasteiger partial charge in [-0.05, 0) is 42.7 Å². The fourth-order valence-corrected chi connectivity index (χ4v) is 3.90. The molecule has 0 unspecified atom stereocenters. The molecular formula is C23H21Cl2FN2O3. The summed E-state index contributed by atoms with van der Waals surface area (Å²) in [5.74, 6) is 1.15. The molecule has 0 N–H and O–H groups in total. The Hall–Kier alpha value is -2.57. The van der Waals surface area contributed by atoms with Gasteiger partial charge in [0.05, 0.1) is 17.1 Å². The van der Waals surface area contributed by atoms with E-state index in [9.17, 15) is 9.18 Å². The summed E-state index contributed by atoms with van der Waals surface area (Å²) < 4.78 is 24.7. The first kappa shape index (κ1) is 21.7. The van der Waals surface area contributed by atoms with Gasteiger partial charge >= 0.3 is 0 Å². The van der Waals surface area contributed by atoms with Crippen LogP contribution < -0.4 is 4.74 Å². The van der Waals surface area contributed by atoms with Crippen molar-refractivity contribution in [2.45, 2.75) is 25.2 Å². The summed E-state index contributed by atoms with van der Waals surface area (Å²) in [5.41, 5.74) is 1.09. The standard InChI is InChI=1S/C23H21Cl2FN2O3/c24-17-5-3-15(4-6-17)10-19-12-27-23(31-19)16-2-1-9-28(13-16)22(29)14-30-18-7-8-21(26)20(25)11-18/h3-8,11-12,16H,1-2,9-10,13-14H2/t16-/m1/s1. The molecular weight excluding hydrogens is 442 g/mol. The third kappa shape index (κ3) is 5.57. The maximum Gasteiger partial charge on any atom is 0.260 e. The molecule has 1 fully saturated rings. The Kier molecular flexibility index (Phi) is 6.78. The van der Waals surface area contributed by atoms with Crippen LogP contribution in [0.2, 0.25) is 10.0 Å². The normalized spacial score (nSPS) is 16.4. The lowest BCUT2D eigenvalue weighted by Crippen LogP contribution is -2.41. The smallest absolute Gasteiger partial charge is 0.260 e. The van der Waals surface area contributed by atoms with Crippen molar-refractivity contribution in [3.05, 3.63) is 81.7 Å². The van der Waals surface area contributed by atoms with E-state index in [2.05, 4.69) is 4.98 Å². The Bertz CT molecular complexity index is 1060. The molecule has 8 heteroatoms. The number of rotatable bonds is 6. The molecule has 3 aromatic rings. The molecule has 0 saturated carbocycles. The van der Waals surface area contributed by atoms with E-state index in [0.29, 0.717) is 36.2 Å². The number of hydrogen-bond donors (Lipinski definition) is 0. The fraction of sp³-hybridized carbons (Fsp3) is 0.304. The van der Waals surface area contributed by atoms with Gasteiger partial charge in [0, 0.05) is 30.6 Å². The first-order valence-electron chi connectivity index (χ1n) is 10.0. The molecule has 4 rings (SSSR count). The Morgan fingerprint density at radius 2 is 2.03 bits per heavy atom. The summed E-state index contributed by atoms with van der Waals surface area (Å²) in [6.45, 7) is 1.04.